The summed E-state index contributed by atoms with van der Waals surface area (Å²) >= 11 is 0. The highest BCUT2D eigenvalue weighted by molar-refractivity contribution is 5.87. The van der Waals surface area contributed by atoms with Crippen molar-refractivity contribution in [3.05, 3.63) is 18.6 Å². The van der Waals surface area contributed by atoms with E-state index in [2.05, 4.69) is 15.3 Å². The highest BCUT2D eigenvalue weighted by Crippen LogP contribution is 2.49. The summed E-state index contributed by atoms with van der Waals surface area (Å²) in [5.41, 5.74) is 0.250. The maximum absolute atomic E-state index is 12.9. The molecule has 7 nitrogen and oxygen atoms in total. The number of aromatic nitrogens is 2. The van der Waals surface area contributed by atoms with Crippen LogP contribution >= 0.6 is 0 Å². The molecule has 4 rings (SSSR count). The average Bonchev–Trinajstić information content (AvgIpc) is 3.22. The van der Waals surface area contributed by atoms with E-state index in [0.717, 1.165) is 57.6 Å². The molecule has 1 saturated carbocycles. The minimum atomic E-state index is -0.234. The van der Waals surface area contributed by atoms with Crippen LogP contribution in [0.15, 0.2) is 18.6 Å². The van der Waals surface area contributed by atoms with E-state index in [1.165, 1.54) is 0 Å². The van der Waals surface area contributed by atoms with Gasteiger partial charge in [-0.25, -0.2) is 9.97 Å². The van der Waals surface area contributed by atoms with Crippen LogP contribution in [0, 0.1) is 5.41 Å². The Morgan fingerprint density at radius 2 is 2.16 bits per heavy atom. The first kappa shape index (κ1) is 16.3. The summed E-state index contributed by atoms with van der Waals surface area (Å²) in [7, 11) is 0. The molecule has 0 radical (unpaired) electrons. The van der Waals surface area contributed by atoms with Gasteiger partial charge in [-0.05, 0) is 43.6 Å². The summed E-state index contributed by atoms with van der Waals surface area (Å²) < 4.78 is 0. The van der Waals surface area contributed by atoms with E-state index in [1.807, 2.05) is 11.0 Å². The van der Waals surface area contributed by atoms with Crippen LogP contribution in [0.5, 0.6) is 0 Å². The van der Waals surface area contributed by atoms with Crippen molar-refractivity contribution in [3.8, 4) is 0 Å². The molecule has 0 bridgehead atoms. The van der Waals surface area contributed by atoms with Crippen molar-refractivity contribution in [3.63, 3.8) is 0 Å². The van der Waals surface area contributed by atoms with Crippen LogP contribution < -0.4 is 5.32 Å². The first-order valence-electron chi connectivity index (χ1n) is 9.15. The number of likely N-dealkylation sites (tertiary alicyclic amines) is 2. The Morgan fingerprint density at radius 1 is 1.32 bits per heavy atom. The first-order chi connectivity index (χ1) is 12.1. The standard InChI is InChI=1S/C18H25N5O2/c1-13(24)23-7-2-3-15(23)17(25)22-8-5-18(11-22)9-14(10-18)21-16-4-6-19-12-20-16/h4,6,12,14-15H,2-3,5,7-11H2,1H3,(H,19,20,21)/t14?,15-,18?/m1/s1. The van der Waals surface area contributed by atoms with Crippen molar-refractivity contribution in [1.29, 1.82) is 0 Å². The van der Waals surface area contributed by atoms with Gasteiger partial charge in [-0.1, -0.05) is 0 Å². The molecule has 1 aromatic heterocycles. The number of amides is 2. The molecular weight excluding hydrogens is 318 g/mol. The fraction of sp³-hybridized carbons (Fsp3) is 0.667. The Hall–Kier alpha value is -2.18. The normalized spacial score (nSPS) is 31.2. The van der Waals surface area contributed by atoms with Crippen LogP contribution in [-0.4, -0.2) is 63.3 Å². The zero-order valence-corrected chi connectivity index (χ0v) is 14.6. The number of anilines is 1. The Labute approximate surface area is 147 Å². The van der Waals surface area contributed by atoms with Crippen LogP contribution in [-0.2, 0) is 9.59 Å². The van der Waals surface area contributed by atoms with E-state index in [4.69, 9.17) is 0 Å². The van der Waals surface area contributed by atoms with Crippen LogP contribution in [0.4, 0.5) is 5.82 Å². The largest absolute Gasteiger partial charge is 0.367 e. The second-order valence-corrected chi connectivity index (χ2v) is 7.72. The van der Waals surface area contributed by atoms with Crippen molar-refractivity contribution >= 4 is 17.6 Å². The monoisotopic (exact) mass is 343 g/mol. The lowest BCUT2D eigenvalue weighted by molar-refractivity contribution is -0.142. The maximum atomic E-state index is 12.9. The van der Waals surface area contributed by atoms with E-state index >= 15 is 0 Å². The topological polar surface area (TPSA) is 78.4 Å². The molecule has 1 aliphatic carbocycles. The van der Waals surface area contributed by atoms with Gasteiger partial charge in [0.05, 0.1) is 0 Å². The van der Waals surface area contributed by atoms with Gasteiger partial charge < -0.3 is 15.1 Å². The van der Waals surface area contributed by atoms with Gasteiger partial charge >= 0.3 is 0 Å². The van der Waals surface area contributed by atoms with E-state index in [0.29, 0.717) is 6.04 Å². The number of nitrogens with one attached hydrogen (secondary N) is 1. The molecule has 2 aliphatic heterocycles. The van der Waals surface area contributed by atoms with Crippen LogP contribution in [0.2, 0.25) is 0 Å². The molecule has 7 heteroatoms. The highest BCUT2D eigenvalue weighted by atomic mass is 16.2. The van der Waals surface area contributed by atoms with Crippen molar-refractivity contribution in [1.82, 2.24) is 19.8 Å². The molecule has 1 aromatic rings. The van der Waals surface area contributed by atoms with Gasteiger partial charge in [0, 0.05) is 38.8 Å². The second kappa shape index (κ2) is 6.28. The third kappa shape index (κ3) is 3.07. The minimum Gasteiger partial charge on any atom is -0.367 e. The van der Waals surface area contributed by atoms with Gasteiger partial charge in [0.25, 0.3) is 0 Å². The number of carbonyl (C=O) groups is 2. The Morgan fingerprint density at radius 3 is 2.88 bits per heavy atom. The average molecular weight is 343 g/mol. The fourth-order valence-electron chi connectivity index (χ4n) is 4.74. The summed E-state index contributed by atoms with van der Waals surface area (Å²) in [6.07, 6.45) is 8.23. The van der Waals surface area contributed by atoms with E-state index in [9.17, 15) is 9.59 Å². The third-order valence-electron chi connectivity index (χ3n) is 5.99. The lowest BCUT2D eigenvalue weighted by atomic mass is 9.65. The Bertz CT molecular complexity index is 659. The van der Waals surface area contributed by atoms with E-state index in [1.54, 1.807) is 24.3 Å². The van der Waals surface area contributed by atoms with Crippen LogP contribution in [0.25, 0.3) is 0 Å². The maximum Gasteiger partial charge on any atom is 0.245 e. The molecule has 3 aliphatic rings. The summed E-state index contributed by atoms with van der Waals surface area (Å²) in [6, 6.07) is 2.07. The molecule has 3 fully saturated rings. The van der Waals surface area contributed by atoms with Gasteiger partial charge in [0.15, 0.2) is 0 Å². The summed E-state index contributed by atoms with van der Waals surface area (Å²) in [6.45, 7) is 3.93. The Balaban J connectivity index is 1.32. The van der Waals surface area contributed by atoms with Gasteiger partial charge in [0.1, 0.15) is 18.2 Å². The van der Waals surface area contributed by atoms with Gasteiger partial charge in [-0.2, -0.15) is 0 Å². The summed E-state index contributed by atoms with van der Waals surface area (Å²) in [4.78, 5) is 36.5. The third-order valence-corrected chi connectivity index (χ3v) is 5.99. The lowest BCUT2D eigenvalue weighted by Gasteiger charge is -2.45. The molecule has 3 heterocycles. The van der Waals surface area contributed by atoms with Gasteiger partial charge in [0.2, 0.25) is 11.8 Å². The molecule has 25 heavy (non-hydrogen) atoms. The SMILES string of the molecule is CC(=O)N1CCC[C@@H]1C(=O)N1CCC2(CC(Nc3ccncn3)C2)C1. The molecule has 134 valence electrons. The first-order valence-corrected chi connectivity index (χ1v) is 9.15. The van der Waals surface area contributed by atoms with Crippen molar-refractivity contribution in [2.45, 2.75) is 51.1 Å². The zero-order valence-electron chi connectivity index (χ0n) is 14.6. The highest BCUT2D eigenvalue weighted by Gasteiger charge is 2.50. The second-order valence-electron chi connectivity index (χ2n) is 7.72. The number of hydrogen-bond acceptors (Lipinski definition) is 5. The van der Waals surface area contributed by atoms with Crippen LogP contribution in [0.3, 0.4) is 0 Å². The molecule has 0 unspecified atom stereocenters. The predicted octanol–water partition coefficient (Wildman–Crippen LogP) is 1.28. The molecule has 1 atom stereocenters. The molecule has 1 N–H and O–H groups in total. The Kier molecular flexibility index (Phi) is 4.09. The van der Waals surface area contributed by atoms with Crippen molar-refractivity contribution in [2.24, 2.45) is 5.41 Å². The van der Waals surface area contributed by atoms with Crippen molar-refractivity contribution < 1.29 is 9.59 Å². The number of carbonyl (C=O) groups excluding carboxylic acids is 2. The van der Waals surface area contributed by atoms with Gasteiger partial charge in [-0.15, -0.1) is 0 Å². The van der Waals surface area contributed by atoms with Gasteiger partial charge in [-0.3, -0.25) is 9.59 Å². The van der Waals surface area contributed by atoms with Crippen molar-refractivity contribution in [2.75, 3.05) is 25.0 Å². The molecule has 2 amide bonds. The predicted molar refractivity (Wildman–Crippen MR) is 92.7 cm³/mol. The number of hydrogen-bond donors (Lipinski definition) is 1. The van der Waals surface area contributed by atoms with E-state index in [-0.39, 0.29) is 23.3 Å². The smallest absolute Gasteiger partial charge is 0.245 e. The summed E-state index contributed by atoms with van der Waals surface area (Å²) in [5.74, 6) is 1.03. The van der Waals surface area contributed by atoms with E-state index < -0.39 is 0 Å². The number of rotatable bonds is 3. The zero-order chi connectivity index (χ0) is 17.4. The molecule has 2 saturated heterocycles. The summed E-state index contributed by atoms with van der Waals surface area (Å²) in [5, 5.41) is 3.44. The lowest BCUT2D eigenvalue weighted by Crippen LogP contribution is -2.50. The molecule has 1 spiro atoms. The fourth-order valence-corrected chi connectivity index (χ4v) is 4.74. The van der Waals surface area contributed by atoms with Crippen LogP contribution in [0.1, 0.15) is 39.0 Å². The molecular formula is C18H25N5O2. The quantitative estimate of drug-likeness (QED) is 0.894. The molecule has 0 aromatic carbocycles. The minimum absolute atomic E-state index is 0.0162. The number of nitrogens with zero attached hydrogens (tertiary/aromatic N) is 4.